The van der Waals surface area contributed by atoms with Gasteiger partial charge in [0.1, 0.15) is 18.2 Å². The molecule has 1 atom stereocenters. The van der Waals surface area contributed by atoms with Gasteiger partial charge in [-0.05, 0) is 88.7 Å². The highest BCUT2D eigenvalue weighted by atomic mass is 16.5. The highest BCUT2D eigenvalue weighted by Crippen LogP contribution is 2.27. The Morgan fingerprint density at radius 2 is 1.78 bits per heavy atom. The first-order valence-electron chi connectivity index (χ1n) is 12.1. The van der Waals surface area contributed by atoms with E-state index >= 15 is 0 Å². The van der Waals surface area contributed by atoms with Crippen LogP contribution in [0.3, 0.4) is 0 Å². The molecular weight excluding hydrogens is 450 g/mol. The Kier molecular flexibility index (Phi) is 6.80. The van der Waals surface area contributed by atoms with Gasteiger partial charge in [0.2, 0.25) is 0 Å². The smallest absolute Gasteiger partial charge is 0.315 e. The Balaban J connectivity index is 1.17. The summed E-state index contributed by atoms with van der Waals surface area (Å²) in [6.45, 7) is 0.935. The van der Waals surface area contributed by atoms with Gasteiger partial charge in [-0.1, -0.05) is 30.3 Å². The maximum atomic E-state index is 12.4. The topological polar surface area (TPSA) is 113 Å². The number of pyridine rings is 1. The van der Waals surface area contributed by atoms with Gasteiger partial charge in [0.05, 0.1) is 0 Å². The number of rotatable bonds is 7. The van der Waals surface area contributed by atoms with Crippen molar-refractivity contribution in [2.24, 2.45) is 5.73 Å². The third-order valence-electron chi connectivity index (χ3n) is 6.56. The van der Waals surface area contributed by atoms with Gasteiger partial charge in [-0.2, -0.15) is 0 Å². The number of ether oxygens (including phenoxy) is 1. The van der Waals surface area contributed by atoms with Gasteiger partial charge in [0, 0.05) is 30.5 Å². The van der Waals surface area contributed by atoms with Crippen molar-refractivity contribution >= 4 is 22.6 Å². The Morgan fingerprint density at radius 3 is 2.61 bits per heavy atom. The summed E-state index contributed by atoms with van der Waals surface area (Å²) in [4.78, 5) is 16.4. The first-order valence-corrected chi connectivity index (χ1v) is 12.1. The van der Waals surface area contributed by atoms with E-state index in [9.17, 15) is 4.79 Å². The van der Waals surface area contributed by atoms with Crippen molar-refractivity contribution in [1.82, 2.24) is 15.6 Å². The molecule has 4 aromatic rings. The number of hydrogen-bond donors (Lipinski definition) is 4. The molecule has 7 heteroatoms. The monoisotopic (exact) mass is 479 g/mol. The summed E-state index contributed by atoms with van der Waals surface area (Å²) >= 11 is 0. The minimum absolute atomic E-state index is 0.0692. The molecule has 0 spiro atoms. The Bertz CT molecular complexity index is 1400. The molecule has 7 nitrogen and oxygen atoms in total. The van der Waals surface area contributed by atoms with E-state index in [0.717, 1.165) is 52.5 Å². The van der Waals surface area contributed by atoms with Crippen LogP contribution in [-0.2, 0) is 26.0 Å². The number of nitrogens with two attached hydrogens (primary N) is 1. The predicted molar refractivity (Wildman–Crippen MR) is 141 cm³/mol. The normalized spacial score (nSPS) is 14.6. The number of carbonyl (C=O) groups excluding carboxylic acids is 1. The summed E-state index contributed by atoms with van der Waals surface area (Å²) in [5.74, 6) is 0.892. The summed E-state index contributed by atoms with van der Waals surface area (Å²) in [5.41, 5.74) is 10.9. The lowest BCUT2D eigenvalue weighted by Gasteiger charge is -2.26. The maximum absolute atomic E-state index is 12.4. The highest BCUT2D eigenvalue weighted by Gasteiger charge is 2.20. The Hall–Kier alpha value is -4.39. The van der Waals surface area contributed by atoms with Crippen molar-refractivity contribution in [1.29, 1.82) is 5.41 Å². The molecule has 1 aliphatic carbocycles. The van der Waals surface area contributed by atoms with Crippen molar-refractivity contribution in [2.45, 2.75) is 38.5 Å². The zero-order valence-corrected chi connectivity index (χ0v) is 20.0. The molecule has 0 saturated heterocycles. The van der Waals surface area contributed by atoms with Crippen LogP contribution in [0.15, 0.2) is 79.1 Å². The van der Waals surface area contributed by atoms with Crippen LogP contribution in [0.4, 0.5) is 4.79 Å². The predicted octanol–water partition coefficient (Wildman–Crippen LogP) is 4.45. The van der Waals surface area contributed by atoms with E-state index in [1.54, 1.807) is 12.4 Å². The van der Waals surface area contributed by atoms with Crippen LogP contribution in [0.1, 0.15) is 34.2 Å². The molecular formula is C29H29N5O2. The number of nitrogens with zero attached hydrogens (tertiary/aromatic N) is 1. The molecule has 1 heterocycles. The van der Waals surface area contributed by atoms with Crippen molar-refractivity contribution in [3.8, 4) is 5.75 Å². The lowest BCUT2D eigenvalue weighted by atomic mass is 9.88. The zero-order chi connectivity index (χ0) is 24.9. The molecule has 36 heavy (non-hydrogen) atoms. The first kappa shape index (κ1) is 23.4. The van der Waals surface area contributed by atoms with Crippen molar-refractivity contribution in [2.75, 3.05) is 0 Å². The number of nitrogen functional groups attached to an aromatic ring is 1. The molecule has 1 unspecified atom stereocenters. The van der Waals surface area contributed by atoms with E-state index < -0.39 is 0 Å². The number of carbonyl (C=O) groups is 1. The standard InChI is InChI=1S/C29H29N5O2/c30-28(31)24-4-3-22-13-20(1-2-23(22)14-24)18-36-27-8-6-21-5-7-26(15-25(21)16-27)34-29(35)33-17-19-9-11-32-12-10-19/h1-4,6,8-14,16,26H,5,7,15,17-18H2,(H3,30,31)(H2,33,34,35). The third kappa shape index (κ3) is 5.63. The van der Waals surface area contributed by atoms with Crippen LogP contribution in [0.5, 0.6) is 5.75 Å². The fraction of sp³-hybridized carbons (Fsp3) is 0.207. The minimum atomic E-state index is -0.153. The van der Waals surface area contributed by atoms with Crippen LogP contribution < -0.4 is 21.1 Å². The molecule has 182 valence electrons. The second-order valence-electron chi connectivity index (χ2n) is 9.15. The summed E-state index contributed by atoms with van der Waals surface area (Å²) in [6.07, 6.45) is 6.06. The maximum Gasteiger partial charge on any atom is 0.315 e. The fourth-order valence-electron chi connectivity index (χ4n) is 4.59. The fourth-order valence-corrected chi connectivity index (χ4v) is 4.59. The summed E-state index contributed by atoms with van der Waals surface area (Å²) < 4.78 is 6.11. The second kappa shape index (κ2) is 10.5. The van der Waals surface area contributed by atoms with Gasteiger partial charge in [-0.25, -0.2) is 4.79 Å². The van der Waals surface area contributed by atoms with Gasteiger partial charge in [-0.15, -0.1) is 0 Å². The number of aryl methyl sites for hydroxylation is 1. The van der Waals surface area contributed by atoms with Crippen molar-refractivity contribution < 1.29 is 9.53 Å². The molecule has 3 aromatic carbocycles. The quantitative estimate of drug-likeness (QED) is 0.232. The van der Waals surface area contributed by atoms with Crippen LogP contribution in [-0.4, -0.2) is 22.9 Å². The molecule has 0 fully saturated rings. The number of urea groups is 1. The van der Waals surface area contributed by atoms with Gasteiger partial charge in [0.25, 0.3) is 0 Å². The summed E-state index contributed by atoms with van der Waals surface area (Å²) in [5, 5.41) is 15.8. The van der Waals surface area contributed by atoms with Gasteiger partial charge >= 0.3 is 6.03 Å². The largest absolute Gasteiger partial charge is 0.489 e. The lowest BCUT2D eigenvalue weighted by Crippen LogP contribution is -2.44. The molecule has 5 rings (SSSR count). The van der Waals surface area contributed by atoms with Gasteiger partial charge in [0.15, 0.2) is 0 Å². The molecule has 5 N–H and O–H groups in total. The number of aromatic nitrogens is 1. The third-order valence-corrected chi connectivity index (χ3v) is 6.56. The molecule has 0 aliphatic heterocycles. The summed E-state index contributed by atoms with van der Waals surface area (Å²) in [6, 6.07) is 21.9. The lowest BCUT2D eigenvalue weighted by molar-refractivity contribution is 0.235. The number of amidine groups is 1. The molecule has 0 bridgehead atoms. The Labute approximate surface area is 210 Å². The van der Waals surface area contributed by atoms with Crippen LogP contribution in [0, 0.1) is 5.41 Å². The highest BCUT2D eigenvalue weighted by molar-refractivity contribution is 5.99. The summed E-state index contributed by atoms with van der Waals surface area (Å²) in [7, 11) is 0. The van der Waals surface area contributed by atoms with Crippen molar-refractivity contribution in [3.05, 3.63) is 107 Å². The number of hydrogen-bond acceptors (Lipinski definition) is 4. The van der Waals surface area contributed by atoms with Gasteiger partial charge < -0.3 is 21.1 Å². The van der Waals surface area contributed by atoms with Crippen molar-refractivity contribution in [3.63, 3.8) is 0 Å². The van der Waals surface area contributed by atoms with Crippen LogP contribution >= 0.6 is 0 Å². The minimum Gasteiger partial charge on any atom is -0.489 e. The number of nitrogens with one attached hydrogen (secondary N) is 3. The second-order valence-corrected chi connectivity index (χ2v) is 9.15. The number of amides is 2. The zero-order valence-electron chi connectivity index (χ0n) is 20.0. The molecule has 1 aromatic heterocycles. The van der Waals surface area contributed by atoms with E-state index in [1.165, 1.54) is 11.1 Å². The van der Waals surface area contributed by atoms with E-state index in [4.69, 9.17) is 15.9 Å². The SMILES string of the molecule is N=C(N)c1ccc2cc(COc3ccc4c(c3)CC(NC(=O)NCc3ccncc3)CC4)ccc2c1. The molecule has 0 radical (unpaired) electrons. The number of benzene rings is 3. The van der Waals surface area contributed by atoms with Crippen LogP contribution in [0.25, 0.3) is 10.8 Å². The first-order chi connectivity index (χ1) is 17.5. The van der Waals surface area contributed by atoms with Crippen LogP contribution in [0.2, 0.25) is 0 Å². The average molecular weight is 480 g/mol. The average Bonchev–Trinajstić information content (AvgIpc) is 2.90. The Morgan fingerprint density at radius 1 is 0.972 bits per heavy atom. The van der Waals surface area contributed by atoms with E-state index in [0.29, 0.717) is 13.2 Å². The molecule has 1 aliphatic rings. The van der Waals surface area contributed by atoms with E-state index in [-0.39, 0.29) is 17.9 Å². The molecule has 0 saturated carbocycles. The van der Waals surface area contributed by atoms with Gasteiger partial charge in [-0.3, -0.25) is 10.4 Å². The molecule has 2 amide bonds. The van der Waals surface area contributed by atoms with E-state index in [2.05, 4.69) is 33.8 Å². The van der Waals surface area contributed by atoms with E-state index in [1.807, 2.05) is 48.5 Å². The number of fused-ring (bicyclic) bond motifs is 2.